The number of quaternary nitrogens is 1. The van der Waals surface area contributed by atoms with Crippen molar-refractivity contribution >= 4 is 23.6 Å². The van der Waals surface area contributed by atoms with Crippen LogP contribution in [0.4, 0.5) is 0 Å². The van der Waals surface area contributed by atoms with Crippen LogP contribution in [-0.4, -0.2) is 89.0 Å². The summed E-state index contributed by atoms with van der Waals surface area (Å²) in [5.41, 5.74) is 2.17. The van der Waals surface area contributed by atoms with Crippen LogP contribution in [0.1, 0.15) is 11.4 Å². The molecule has 0 radical (unpaired) electrons. The molecule has 3 rings (SSSR count). The first-order valence-electron chi connectivity index (χ1n) is 9.79. The third-order valence-corrected chi connectivity index (χ3v) is 6.11. The molecule has 0 atom stereocenters. The molecule has 0 bridgehead atoms. The number of piperazine rings is 1. The fourth-order valence-electron chi connectivity index (χ4n) is 3.37. The van der Waals surface area contributed by atoms with Crippen molar-refractivity contribution < 1.29 is 14.5 Å². The van der Waals surface area contributed by atoms with Gasteiger partial charge in [0.2, 0.25) is 5.91 Å². The molecule has 29 heavy (non-hydrogen) atoms. The van der Waals surface area contributed by atoms with E-state index in [1.165, 1.54) is 16.7 Å². The number of benzene rings is 1. The standard InChI is InChI=1S/C20H28N6O2S/c1-15-7-5-6-8-17(15)26-16(2)21-22-20(26)29-14-19(28)25-11-9-24(10-12-25)13-18(27)23(3)4/h5-8H,9-14H2,1-4H3/p+1. The number of nitrogens with zero attached hydrogens (tertiary/aromatic N) is 5. The Balaban J connectivity index is 1.56. The molecule has 2 amide bonds. The van der Waals surface area contributed by atoms with E-state index < -0.39 is 0 Å². The number of carbonyl (C=O) groups is 2. The Morgan fingerprint density at radius 1 is 1.14 bits per heavy atom. The zero-order valence-corrected chi connectivity index (χ0v) is 18.3. The summed E-state index contributed by atoms with van der Waals surface area (Å²) >= 11 is 1.42. The molecule has 8 nitrogen and oxygen atoms in total. The van der Waals surface area contributed by atoms with Gasteiger partial charge in [-0.15, -0.1) is 10.2 Å². The molecular weight excluding hydrogens is 388 g/mol. The maximum atomic E-state index is 12.7. The van der Waals surface area contributed by atoms with Crippen LogP contribution in [0.25, 0.3) is 5.69 Å². The van der Waals surface area contributed by atoms with Gasteiger partial charge in [0.1, 0.15) is 5.82 Å². The van der Waals surface area contributed by atoms with Gasteiger partial charge in [0.25, 0.3) is 5.91 Å². The van der Waals surface area contributed by atoms with E-state index in [4.69, 9.17) is 0 Å². The van der Waals surface area contributed by atoms with Crippen molar-refractivity contribution in [2.75, 3.05) is 52.6 Å². The second-order valence-electron chi connectivity index (χ2n) is 7.54. The van der Waals surface area contributed by atoms with E-state index in [2.05, 4.69) is 23.2 Å². The first-order chi connectivity index (χ1) is 13.9. The normalized spacial score (nSPS) is 14.8. The van der Waals surface area contributed by atoms with Gasteiger partial charge in [0.05, 0.1) is 37.6 Å². The zero-order valence-electron chi connectivity index (χ0n) is 17.5. The molecule has 0 unspecified atom stereocenters. The van der Waals surface area contributed by atoms with Gasteiger partial charge < -0.3 is 14.7 Å². The number of rotatable bonds is 6. The molecule has 2 aromatic rings. The van der Waals surface area contributed by atoms with E-state index in [-0.39, 0.29) is 11.8 Å². The van der Waals surface area contributed by atoms with Crippen LogP contribution in [0, 0.1) is 13.8 Å². The van der Waals surface area contributed by atoms with E-state index in [1.807, 2.05) is 34.6 Å². The van der Waals surface area contributed by atoms with Crippen molar-refractivity contribution in [1.82, 2.24) is 24.6 Å². The minimum Gasteiger partial charge on any atom is -0.344 e. The van der Waals surface area contributed by atoms with Gasteiger partial charge in [0, 0.05) is 14.1 Å². The summed E-state index contributed by atoms with van der Waals surface area (Å²) < 4.78 is 2.00. The average Bonchev–Trinajstić information content (AvgIpc) is 3.07. The zero-order chi connectivity index (χ0) is 21.0. The molecule has 156 valence electrons. The van der Waals surface area contributed by atoms with Gasteiger partial charge in [-0.3, -0.25) is 14.2 Å². The summed E-state index contributed by atoms with van der Waals surface area (Å²) in [5.74, 6) is 1.36. The van der Waals surface area contributed by atoms with Gasteiger partial charge >= 0.3 is 0 Å². The van der Waals surface area contributed by atoms with E-state index >= 15 is 0 Å². The van der Waals surface area contributed by atoms with Crippen molar-refractivity contribution in [1.29, 1.82) is 0 Å². The number of amides is 2. The summed E-state index contributed by atoms with van der Waals surface area (Å²) in [4.78, 5) is 29.3. The number of para-hydroxylation sites is 1. The lowest BCUT2D eigenvalue weighted by Crippen LogP contribution is -3.15. The second-order valence-corrected chi connectivity index (χ2v) is 8.48. The van der Waals surface area contributed by atoms with Crippen LogP contribution >= 0.6 is 11.8 Å². The van der Waals surface area contributed by atoms with Gasteiger partial charge in [-0.25, -0.2) is 0 Å². The van der Waals surface area contributed by atoms with E-state index in [1.54, 1.807) is 19.0 Å². The Labute approximate surface area is 175 Å². The smallest absolute Gasteiger partial charge is 0.277 e. The van der Waals surface area contributed by atoms with E-state index in [0.717, 1.165) is 35.3 Å². The fourth-order valence-corrected chi connectivity index (χ4v) is 4.26. The molecule has 0 aliphatic carbocycles. The van der Waals surface area contributed by atoms with Gasteiger partial charge in [-0.1, -0.05) is 30.0 Å². The van der Waals surface area contributed by atoms with Crippen molar-refractivity contribution in [3.8, 4) is 5.69 Å². The van der Waals surface area contributed by atoms with Crippen molar-refractivity contribution in [3.05, 3.63) is 35.7 Å². The van der Waals surface area contributed by atoms with Gasteiger partial charge in [-0.05, 0) is 25.5 Å². The molecule has 1 saturated heterocycles. The number of thioether (sulfide) groups is 1. The third kappa shape index (κ3) is 5.16. The first kappa shape index (κ1) is 21.3. The Bertz CT molecular complexity index is 874. The lowest BCUT2D eigenvalue weighted by molar-refractivity contribution is -0.896. The third-order valence-electron chi connectivity index (χ3n) is 5.20. The number of aryl methyl sites for hydroxylation is 2. The van der Waals surface area contributed by atoms with Crippen LogP contribution in [0.3, 0.4) is 0 Å². The summed E-state index contributed by atoms with van der Waals surface area (Å²) in [6.45, 7) is 7.42. The molecule has 0 saturated carbocycles. The highest BCUT2D eigenvalue weighted by Crippen LogP contribution is 2.24. The van der Waals surface area contributed by atoms with Crippen LogP contribution in [-0.2, 0) is 9.59 Å². The van der Waals surface area contributed by atoms with Crippen LogP contribution in [0.15, 0.2) is 29.4 Å². The minimum absolute atomic E-state index is 0.102. The quantitative estimate of drug-likeness (QED) is 0.659. The topological polar surface area (TPSA) is 75.8 Å². The molecule has 0 spiro atoms. The number of hydrogen-bond acceptors (Lipinski definition) is 5. The van der Waals surface area contributed by atoms with Crippen LogP contribution < -0.4 is 4.90 Å². The number of likely N-dealkylation sites (N-methyl/N-ethyl adjacent to an activating group) is 1. The highest BCUT2D eigenvalue weighted by atomic mass is 32.2. The molecule has 1 N–H and O–H groups in total. The molecule has 2 heterocycles. The molecular formula is C20H29N6O2S+. The highest BCUT2D eigenvalue weighted by Gasteiger charge is 2.26. The second kappa shape index (κ2) is 9.41. The van der Waals surface area contributed by atoms with E-state index in [9.17, 15) is 9.59 Å². The molecule has 1 fully saturated rings. The average molecular weight is 418 g/mol. The monoisotopic (exact) mass is 417 g/mol. The SMILES string of the molecule is Cc1ccccc1-n1c(C)nnc1SCC(=O)N1CC[NH+](CC(=O)N(C)C)CC1. The summed E-state index contributed by atoms with van der Waals surface area (Å²) in [6, 6.07) is 8.08. The predicted molar refractivity (Wildman–Crippen MR) is 112 cm³/mol. The molecule has 1 aliphatic heterocycles. The Morgan fingerprint density at radius 3 is 2.48 bits per heavy atom. The molecule has 1 aliphatic rings. The molecule has 1 aromatic carbocycles. The Kier molecular flexibility index (Phi) is 6.92. The lowest BCUT2D eigenvalue weighted by Gasteiger charge is -2.32. The molecule has 1 aromatic heterocycles. The summed E-state index contributed by atoms with van der Waals surface area (Å²) in [6.07, 6.45) is 0. The maximum absolute atomic E-state index is 12.7. The number of hydrogen-bond donors (Lipinski definition) is 1. The van der Waals surface area contributed by atoms with Crippen LogP contribution in [0.5, 0.6) is 0 Å². The predicted octanol–water partition coefficient (Wildman–Crippen LogP) is -0.208. The largest absolute Gasteiger partial charge is 0.344 e. The van der Waals surface area contributed by atoms with Crippen molar-refractivity contribution in [2.45, 2.75) is 19.0 Å². The Morgan fingerprint density at radius 2 is 1.83 bits per heavy atom. The maximum Gasteiger partial charge on any atom is 0.277 e. The van der Waals surface area contributed by atoms with Crippen molar-refractivity contribution in [2.24, 2.45) is 0 Å². The summed E-state index contributed by atoms with van der Waals surface area (Å²) in [7, 11) is 3.55. The van der Waals surface area contributed by atoms with Crippen molar-refractivity contribution in [3.63, 3.8) is 0 Å². The lowest BCUT2D eigenvalue weighted by atomic mass is 10.2. The minimum atomic E-state index is 0.102. The number of carbonyl (C=O) groups excluding carboxylic acids is 2. The highest BCUT2D eigenvalue weighted by molar-refractivity contribution is 7.99. The van der Waals surface area contributed by atoms with Gasteiger partial charge in [0.15, 0.2) is 11.7 Å². The first-order valence-corrected chi connectivity index (χ1v) is 10.8. The summed E-state index contributed by atoms with van der Waals surface area (Å²) in [5, 5.41) is 9.20. The number of nitrogens with one attached hydrogen (secondary N) is 1. The van der Waals surface area contributed by atoms with Crippen LogP contribution in [0.2, 0.25) is 0 Å². The molecule has 9 heteroatoms. The van der Waals surface area contributed by atoms with E-state index in [0.29, 0.717) is 25.4 Å². The fraction of sp³-hybridized carbons (Fsp3) is 0.500. The Hall–Kier alpha value is -2.39. The van der Waals surface area contributed by atoms with Gasteiger partial charge in [-0.2, -0.15) is 0 Å². The number of aromatic nitrogens is 3.